The minimum Gasteiger partial charge on any atom is -0.481 e. The Labute approximate surface area is 125 Å². The molecule has 2 N–H and O–H groups in total. The number of carbonyl (C=O) groups excluding carboxylic acids is 2. The van der Waals surface area contributed by atoms with Crippen molar-refractivity contribution in [3.63, 3.8) is 0 Å². The van der Waals surface area contributed by atoms with Gasteiger partial charge in [0.05, 0.1) is 0 Å². The van der Waals surface area contributed by atoms with E-state index in [1.54, 1.807) is 25.9 Å². The highest BCUT2D eigenvalue weighted by Gasteiger charge is 2.28. The van der Waals surface area contributed by atoms with Crippen LogP contribution in [-0.4, -0.2) is 66.5 Å². The van der Waals surface area contributed by atoms with E-state index in [0.717, 1.165) is 0 Å². The third kappa shape index (κ3) is 5.61. The van der Waals surface area contributed by atoms with Crippen molar-refractivity contribution < 1.29 is 19.5 Å². The molecule has 1 heterocycles. The molecule has 21 heavy (non-hydrogen) atoms. The van der Waals surface area contributed by atoms with Crippen LogP contribution in [0.25, 0.3) is 0 Å². The van der Waals surface area contributed by atoms with E-state index in [9.17, 15) is 14.4 Å². The third-order valence-electron chi connectivity index (χ3n) is 3.67. The fourth-order valence-corrected chi connectivity index (χ4v) is 2.41. The monoisotopic (exact) mass is 299 g/mol. The number of nitrogens with one attached hydrogen (secondary N) is 1. The number of rotatable bonds is 5. The Hall–Kier alpha value is -1.79. The summed E-state index contributed by atoms with van der Waals surface area (Å²) in [6, 6.07) is -0.0241. The van der Waals surface area contributed by atoms with Gasteiger partial charge in [-0.2, -0.15) is 0 Å². The van der Waals surface area contributed by atoms with Gasteiger partial charge in [-0.05, 0) is 18.8 Å². The summed E-state index contributed by atoms with van der Waals surface area (Å²) < 4.78 is 0. The maximum atomic E-state index is 12.0. The highest BCUT2D eigenvalue weighted by molar-refractivity contribution is 5.79. The van der Waals surface area contributed by atoms with Gasteiger partial charge < -0.3 is 20.2 Å². The molecule has 3 amide bonds. The van der Waals surface area contributed by atoms with Gasteiger partial charge in [0.1, 0.15) is 0 Å². The van der Waals surface area contributed by atoms with Crippen molar-refractivity contribution in [3.05, 3.63) is 0 Å². The number of amides is 3. The van der Waals surface area contributed by atoms with E-state index in [2.05, 4.69) is 5.32 Å². The highest BCUT2D eigenvalue weighted by Crippen LogP contribution is 2.18. The first-order valence-electron chi connectivity index (χ1n) is 7.27. The van der Waals surface area contributed by atoms with E-state index in [1.807, 2.05) is 0 Å². The zero-order valence-electron chi connectivity index (χ0n) is 13.0. The SMILES string of the molecule is CC(CNC(=O)C1CCN(C(=O)N(C)C)CC1)CC(=O)O. The smallest absolute Gasteiger partial charge is 0.319 e. The lowest BCUT2D eigenvalue weighted by atomic mass is 9.95. The molecule has 0 spiro atoms. The number of urea groups is 1. The van der Waals surface area contributed by atoms with Crippen molar-refractivity contribution in [2.45, 2.75) is 26.2 Å². The normalized spacial score (nSPS) is 17.2. The molecule has 1 rings (SSSR count). The van der Waals surface area contributed by atoms with Crippen molar-refractivity contribution in [2.75, 3.05) is 33.7 Å². The summed E-state index contributed by atoms with van der Waals surface area (Å²) in [5.41, 5.74) is 0. The summed E-state index contributed by atoms with van der Waals surface area (Å²) in [4.78, 5) is 37.7. The highest BCUT2D eigenvalue weighted by atomic mass is 16.4. The Morgan fingerprint density at radius 1 is 1.29 bits per heavy atom. The molecule has 7 heteroatoms. The van der Waals surface area contributed by atoms with E-state index in [4.69, 9.17) is 5.11 Å². The molecule has 120 valence electrons. The second-order valence-electron chi connectivity index (χ2n) is 5.89. The Kier molecular flexibility index (Phi) is 6.45. The molecule has 1 unspecified atom stereocenters. The molecule has 1 aliphatic heterocycles. The fraction of sp³-hybridized carbons (Fsp3) is 0.786. The second kappa shape index (κ2) is 7.85. The first kappa shape index (κ1) is 17.3. The van der Waals surface area contributed by atoms with Crippen molar-refractivity contribution in [2.24, 2.45) is 11.8 Å². The first-order valence-corrected chi connectivity index (χ1v) is 7.27. The summed E-state index contributed by atoms with van der Waals surface area (Å²) in [6.45, 7) is 3.34. The lowest BCUT2D eigenvalue weighted by Gasteiger charge is -2.33. The topological polar surface area (TPSA) is 90.0 Å². The largest absolute Gasteiger partial charge is 0.481 e. The second-order valence-corrected chi connectivity index (χ2v) is 5.89. The average molecular weight is 299 g/mol. The van der Waals surface area contributed by atoms with Crippen LogP contribution in [0.2, 0.25) is 0 Å². The quantitative estimate of drug-likeness (QED) is 0.778. The number of nitrogens with zero attached hydrogens (tertiary/aromatic N) is 2. The van der Waals surface area contributed by atoms with E-state index < -0.39 is 5.97 Å². The van der Waals surface area contributed by atoms with Crippen LogP contribution >= 0.6 is 0 Å². The standard InChI is InChI=1S/C14H25N3O4/c1-10(8-12(18)19)9-15-13(20)11-4-6-17(7-5-11)14(21)16(2)3/h10-11H,4-9H2,1-3H3,(H,15,20)(H,18,19). The van der Waals surface area contributed by atoms with Gasteiger partial charge in [0, 0.05) is 46.1 Å². The van der Waals surface area contributed by atoms with Gasteiger partial charge in [0.2, 0.25) is 5.91 Å². The molecule has 0 radical (unpaired) electrons. The van der Waals surface area contributed by atoms with Gasteiger partial charge in [-0.3, -0.25) is 9.59 Å². The molecule has 0 aromatic heterocycles. The number of carbonyl (C=O) groups is 3. The summed E-state index contributed by atoms with van der Waals surface area (Å²) in [7, 11) is 3.43. The molecule has 1 atom stereocenters. The van der Waals surface area contributed by atoms with E-state index in [-0.39, 0.29) is 30.2 Å². The Morgan fingerprint density at radius 2 is 1.86 bits per heavy atom. The van der Waals surface area contributed by atoms with Gasteiger partial charge in [-0.15, -0.1) is 0 Å². The summed E-state index contributed by atoms with van der Waals surface area (Å²) in [5.74, 6) is -1.06. The summed E-state index contributed by atoms with van der Waals surface area (Å²) in [5, 5.41) is 11.5. The van der Waals surface area contributed by atoms with Crippen LogP contribution < -0.4 is 5.32 Å². The number of hydrogen-bond acceptors (Lipinski definition) is 3. The fourth-order valence-electron chi connectivity index (χ4n) is 2.41. The minimum atomic E-state index is -0.854. The number of piperidine rings is 1. The van der Waals surface area contributed by atoms with Crippen LogP contribution in [0.1, 0.15) is 26.2 Å². The molecule has 1 saturated heterocycles. The summed E-state index contributed by atoms with van der Waals surface area (Å²) >= 11 is 0. The molecule has 0 aromatic rings. The summed E-state index contributed by atoms with van der Waals surface area (Å²) in [6.07, 6.45) is 1.35. The number of carboxylic acids is 1. The molecule has 0 aliphatic carbocycles. The van der Waals surface area contributed by atoms with E-state index in [0.29, 0.717) is 32.5 Å². The molecule has 1 aliphatic rings. The van der Waals surface area contributed by atoms with Crippen molar-refractivity contribution in [3.8, 4) is 0 Å². The van der Waals surface area contributed by atoms with Gasteiger partial charge >= 0.3 is 12.0 Å². The van der Waals surface area contributed by atoms with Crippen LogP contribution in [0.5, 0.6) is 0 Å². The van der Waals surface area contributed by atoms with Crippen LogP contribution in [0, 0.1) is 11.8 Å². The maximum Gasteiger partial charge on any atom is 0.319 e. The molecule has 0 bridgehead atoms. The van der Waals surface area contributed by atoms with Gasteiger partial charge in [0.15, 0.2) is 0 Å². The van der Waals surface area contributed by atoms with Crippen molar-refractivity contribution in [1.82, 2.24) is 15.1 Å². The van der Waals surface area contributed by atoms with Crippen LogP contribution in [0.3, 0.4) is 0 Å². The average Bonchev–Trinajstić information content (AvgIpc) is 2.43. The molecule has 1 fully saturated rings. The third-order valence-corrected chi connectivity index (χ3v) is 3.67. The lowest BCUT2D eigenvalue weighted by molar-refractivity contribution is -0.138. The molecule has 7 nitrogen and oxygen atoms in total. The Bertz CT molecular complexity index is 390. The maximum absolute atomic E-state index is 12.0. The van der Waals surface area contributed by atoms with Crippen LogP contribution in [0.4, 0.5) is 4.79 Å². The van der Waals surface area contributed by atoms with Gasteiger partial charge in [0.25, 0.3) is 0 Å². The molecule has 0 aromatic carbocycles. The zero-order valence-corrected chi connectivity index (χ0v) is 13.0. The predicted molar refractivity (Wildman–Crippen MR) is 77.8 cm³/mol. The number of aliphatic carboxylic acids is 1. The van der Waals surface area contributed by atoms with Gasteiger partial charge in [-0.1, -0.05) is 6.92 Å². The van der Waals surface area contributed by atoms with E-state index in [1.165, 1.54) is 4.90 Å². The zero-order chi connectivity index (χ0) is 16.0. The van der Waals surface area contributed by atoms with Crippen LogP contribution in [-0.2, 0) is 9.59 Å². The Balaban J connectivity index is 2.32. The first-order chi connectivity index (χ1) is 9.81. The van der Waals surface area contributed by atoms with Gasteiger partial charge in [-0.25, -0.2) is 4.79 Å². The number of hydrogen-bond donors (Lipinski definition) is 2. The van der Waals surface area contributed by atoms with E-state index >= 15 is 0 Å². The number of carboxylic acid groups (broad SMARTS) is 1. The lowest BCUT2D eigenvalue weighted by Crippen LogP contribution is -2.46. The number of likely N-dealkylation sites (tertiary alicyclic amines) is 1. The van der Waals surface area contributed by atoms with Crippen molar-refractivity contribution >= 4 is 17.9 Å². The molecular weight excluding hydrogens is 274 g/mol. The van der Waals surface area contributed by atoms with Crippen molar-refractivity contribution in [1.29, 1.82) is 0 Å². The minimum absolute atomic E-state index is 0.0241. The Morgan fingerprint density at radius 3 is 2.33 bits per heavy atom. The molecule has 0 saturated carbocycles. The predicted octanol–water partition coefficient (Wildman–Crippen LogP) is 0.607. The molecular formula is C14H25N3O4. The van der Waals surface area contributed by atoms with Crippen LogP contribution in [0.15, 0.2) is 0 Å².